The number of nitrogens with two attached hydrogens (primary N) is 1. The van der Waals surface area contributed by atoms with Gasteiger partial charge in [0.1, 0.15) is 0 Å². The van der Waals surface area contributed by atoms with E-state index < -0.39 is 0 Å². The molecule has 1 aromatic rings. The Hall–Kier alpha value is -0.610. The highest BCUT2D eigenvalue weighted by Gasteiger charge is 2.05. The fourth-order valence-electron chi connectivity index (χ4n) is 1.36. The lowest BCUT2D eigenvalue weighted by molar-refractivity contribution is 0.838. The van der Waals surface area contributed by atoms with E-state index in [2.05, 4.69) is 53.3 Å². The van der Waals surface area contributed by atoms with Crippen molar-refractivity contribution < 1.29 is 0 Å². The Morgan fingerprint density at radius 2 is 2.27 bits per heavy atom. The molecule has 1 atom stereocenters. The van der Waals surface area contributed by atoms with Crippen molar-refractivity contribution in [2.24, 2.45) is 5.73 Å². The van der Waals surface area contributed by atoms with Gasteiger partial charge in [0.2, 0.25) is 0 Å². The van der Waals surface area contributed by atoms with Crippen molar-refractivity contribution in [3.8, 4) is 0 Å². The van der Waals surface area contributed by atoms with Crippen LogP contribution in [-0.4, -0.2) is 11.0 Å². The van der Waals surface area contributed by atoms with E-state index in [1.807, 2.05) is 0 Å². The summed E-state index contributed by atoms with van der Waals surface area (Å²) in [5.74, 6) is 0. The highest BCUT2D eigenvalue weighted by molar-refractivity contribution is 9.10. The molecule has 1 rings (SSSR count). The first-order valence-corrected chi connectivity index (χ1v) is 6.00. The second kappa shape index (κ2) is 5.47. The van der Waals surface area contributed by atoms with Crippen molar-refractivity contribution in [1.29, 1.82) is 0 Å². The van der Waals surface area contributed by atoms with Gasteiger partial charge in [0.25, 0.3) is 0 Å². The number of aryl methyl sites for hydroxylation is 1. The van der Waals surface area contributed by atoms with Gasteiger partial charge in [-0.05, 0) is 47.5 Å². The van der Waals surface area contributed by atoms with Crippen LogP contribution in [0.4, 0.5) is 5.69 Å². The Kier molecular flexibility index (Phi) is 4.54. The van der Waals surface area contributed by atoms with Crippen molar-refractivity contribution in [3.05, 3.63) is 28.2 Å². The van der Waals surface area contributed by atoms with Crippen molar-refractivity contribution >= 4 is 38.8 Å². The van der Waals surface area contributed by atoms with Gasteiger partial charge in [-0.15, -0.1) is 0 Å². The summed E-state index contributed by atoms with van der Waals surface area (Å²) in [4.78, 5) is 0.540. The predicted molar refractivity (Wildman–Crippen MR) is 73.4 cm³/mol. The second-order valence-electron chi connectivity index (χ2n) is 3.70. The van der Waals surface area contributed by atoms with Crippen LogP contribution in [0.1, 0.15) is 18.9 Å². The van der Waals surface area contributed by atoms with Gasteiger partial charge in [-0.2, -0.15) is 0 Å². The van der Waals surface area contributed by atoms with Gasteiger partial charge in [0.05, 0.1) is 4.99 Å². The molecule has 1 aromatic carbocycles. The molecule has 0 bridgehead atoms. The summed E-state index contributed by atoms with van der Waals surface area (Å²) in [5, 5.41) is 3.35. The molecule has 0 aromatic heterocycles. The maximum absolute atomic E-state index is 5.49. The maximum atomic E-state index is 5.49. The van der Waals surface area contributed by atoms with E-state index in [0.29, 0.717) is 11.4 Å². The molecule has 15 heavy (non-hydrogen) atoms. The van der Waals surface area contributed by atoms with Crippen molar-refractivity contribution in [2.75, 3.05) is 5.32 Å². The number of anilines is 1. The number of hydrogen-bond donors (Lipinski definition) is 2. The fourth-order valence-corrected chi connectivity index (χ4v) is 2.21. The summed E-state index contributed by atoms with van der Waals surface area (Å²) in [6.07, 6.45) is 0.704. The Bertz CT molecular complexity index is 366. The Balaban J connectivity index is 2.68. The van der Waals surface area contributed by atoms with Crippen LogP contribution in [0.25, 0.3) is 0 Å². The molecule has 1 unspecified atom stereocenters. The molecule has 0 heterocycles. The first kappa shape index (κ1) is 12.5. The van der Waals surface area contributed by atoms with Crippen LogP contribution in [0.5, 0.6) is 0 Å². The van der Waals surface area contributed by atoms with E-state index in [1.54, 1.807) is 0 Å². The van der Waals surface area contributed by atoms with Gasteiger partial charge in [-0.25, -0.2) is 0 Å². The van der Waals surface area contributed by atoms with Crippen molar-refractivity contribution in [2.45, 2.75) is 26.3 Å². The third-order valence-corrected chi connectivity index (χ3v) is 2.86. The molecule has 3 N–H and O–H groups in total. The summed E-state index contributed by atoms with van der Waals surface area (Å²) in [5.41, 5.74) is 7.79. The fraction of sp³-hybridized carbons (Fsp3) is 0.364. The second-order valence-corrected chi connectivity index (χ2v) is 5.08. The Morgan fingerprint density at radius 1 is 1.60 bits per heavy atom. The van der Waals surface area contributed by atoms with Crippen LogP contribution in [0.2, 0.25) is 0 Å². The summed E-state index contributed by atoms with van der Waals surface area (Å²) >= 11 is 8.38. The van der Waals surface area contributed by atoms with Crippen LogP contribution in [-0.2, 0) is 0 Å². The number of rotatable bonds is 4. The lowest BCUT2D eigenvalue weighted by Crippen LogP contribution is -2.22. The third kappa shape index (κ3) is 4.18. The molecular formula is C11H15BrN2S. The standard InChI is InChI=1S/C11H15BrN2S/c1-7-3-4-10(9(12)5-7)14-8(2)6-11(13)15/h3-5,8,14H,6H2,1-2H3,(H2,13,15). The normalized spacial score (nSPS) is 12.2. The zero-order valence-electron chi connectivity index (χ0n) is 8.88. The molecule has 0 saturated heterocycles. The molecule has 2 nitrogen and oxygen atoms in total. The van der Waals surface area contributed by atoms with Crippen LogP contribution in [0.15, 0.2) is 22.7 Å². The summed E-state index contributed by atoms with van der Waals surface area (Å²) in [7, 11) is 0. The van der Waals surface area contributed by atoms with Crippen LogP contribution < -0.4 is 11.1 Å². The van der Waals surface area contributed by atoms with E-state index >= 15 is 0 Å². The molecule has 0 saturated carbocycles. The number of benzene rings is 1. The number of hydrogen-bond acceptors (Lipinski definition) is 2. The average Bonchev–Trinajstić information content (AvgIpc) is 2.08. The molecule has 0 aliphatic heterocycles. The maximum Gasteiger partial charge on any atom is 0.0747 e. The van der Waals surface area contributed by atoms with E-state index in [1.165, 1.54) is 5.56 Å². The van der Waals surface area contributed by atoms with Crippen LogP contribution in [0.3, 0.4) is 0 Å². The zero-order chi connectivity index (χ0) is 11.4. The summed E-state index contributed by atoms with van der Waals surface area (Å²) < 4.78 is 1.07. The van der Waals surface area contributed by atoms with Crippen molar-refractivity contribution in [3.63, 3.8) is 0 Å². The minimum Gasteiger partial charge on any atom is -0.393 e. The number of thiocarbonyl (C=S) groups is 1. The first-order chi connectivity index (χ1) is 6.99. The smallest absolute Gasteiger partial charge is 0.0747 e. The van der Waals surface area contributed by atoms with E-state index in [-0.39, 0.29) is 6.04 Å². The highest BCUT2D eigenvalue weighted by Crippen LogP contribution is 2.24. The molecule has 0 spiro atoms. The van der Waals surface area contributed by atoms with Gasteiger partial charge in [-0.3, -0.25) is 0 Å². The minimum atomic E-state index is 0.251. The molecule has 0 radical (unpaired) electrons. The molecule has 0 aliphatic carbocycles. The van der Waals surface area contributed by atoms with Gasteiger partial charge in [0, 0.05) is 22.6 Å². The minimum absolute atomic E-state index is 0.251. The van der Waals surface area contributed by atoms with Gasteiger partial charge in [-0.1, -0.05) is 18.3 Å². The average molecular weight is 287 g/mol. The SMILES string of the molecule is Cc1ccc(NC(C)CC(N)=S)c(Br)c1. The number of nitrogens with one attached hydrogen (secondary N) is 1. The lowest BCUT2D eigenvalue weighted by atomic mass is 10.2. The summed E-state index contributed by atoms with van der Waals surface area (Å²) in [6, 6.07) is 6.45. The molecule has 4 heteroatoms. The summed E-state index contributed by atoms with van der Waals surface area (Å²) in [6.45, 7) is 4.12. The predicted octanol–water partition coefficient (Wildman–Crippen LogP) is 3.23. The Labute approximate surface area is 104 Å². The molecule has 0 aliphatic rings. The third-order valence-electron chi connectivity index (χ3n) is 2.03. The zero-order valence-corrected chi connectivity index (χ0v) is 11.3. The van der Waals surface area contributed by atoms with E-state index in [0.717, 1.165) is 10.2 Å². The lowest BCUT2D eigenvalue weighted by Gasteiger charge is -2.16. The highest BCUT2D eigenvalue weighted by atomic mass is 79.9. The van der Waals surface area contributed by atoms with Crippen molar-refractivity contribution in [1.82, 2.24) is 0 Å². The topological polar surface area (TPSA) is 38.0 Å². The van der Waals surface area contributed by atoms with E-state index in [9.17, 15) is 0 Å². The quantitative estimate of drug-likeness (QED) is 0.835. The van der Waals surface area contributed by atoms with Gasteiger partial charge >= 0.3 is 0 Å². The molecule has 0 fully saturated rings. The molecular weight excluding hydrogens is 272 g/mol. The first-order valence-electron chi connectivity index (χ1n) is 4.80. The molecule has 82 valence electrons. The van der Waals surface area contributed by atoms with Gasteiger partial charge < -0.3 is 11.1 Å². The van der Waals surface area contributed by atoms with E-state index in [4.69, 9.17) is 18.0 Å². The number of halogens is 1. The Morgan fingerprint density at radius 3 is 2.80 bits per heavy atom. The largest absolute Gasteiger partial charge is 0.393 e. The monoisotopic (exact) mass is 286 g/mol. The van der Waals surface area contributed by atoms with Gasteiger partial charge in [0.15, 0.2) is 0 Å². The van der Waals surface area contributed by atoms with Crippen LogP contribution in [0, 0.1) is 6.92 Å². The van der Waals surface area contributed by atoms with Crippen LogP contribution >= 0.6 is 28.1 Å². The molecule has 0 amide bonds.